The zero-order chi connectivity index (χ0) is 8.77. The van der Waals surface area contributed by atoms with Crippen LogP contribution in [0.25, 0.3) is 0 Å². The van der Waals surface area contributed by atoms with Crippen LogP contribution >= 0.6 is 0 Å². The Labute approximate surface area is 72.3 Å². The van der Waals surface area contributed by atoms with E-state index < -0.39 is 0 Å². The van der Waals surface area contributed by atoms with Crippen molar-refractivity contribution in [2.75, 3.05) is 0 Å². The maximum absolute atomic E-state index is 11.5. The first kappa shape index (κ1) is 7.96. The van der Waals surface area contributed by atoms with Crippen LogP contribution in [0.4, 0.5) is 0 Å². The molecule has 2 nitrogen and oxygen atoms in total. The Hall–Kier alpha value is -0.660. The third kappa shape index (κ3) is 1.01. The zero-order valence-electron chi connectivity index (χ0n) is 7.43. The number of hydrogen-bond acceptors (Lipinski definition) is 2. The number of carbonyl (C=O) groups is 2. The first-order valence-corrected chi connectivity index (χ1v) is 4.66. The smallest absolute Gasteiger partial charge is 0.143 e. The Morgan fingerprint density at radius 3 is 2.92 bits per heavy atom. The third-order valence-electron chi connectivity index (χ3n) is 3.44. The van der Waals surface area contributed by atoms with Gasteiger partial charge < -0.3 is 0 Å². The number of Topliss-reactive ketones (excluding diaryl/α,β-unsaturated/α-hetero) is 2. The van der Waals surface area contributed by atoms with E-state index in [4.69, 9.17) is 0 Å². The average Bonchev–Trinajstić information content (AvgIpc) is 2.29. The van der Waals surface area contributed by atoms with E-state index in [0.29, 0.717) is 6.42 Å². The first-order chi connectivity index (χ1) is 5.62. The Morgan fingerprint density at radius 1 is 1.42 bits per heavy atom. The molecule has 2 heteroatoms. The lowest BCUT2D eigenvalue weighted by atomic mass is 9.68. The predicted molar refractivity (Wildman–Crippen MR) is 44.7 cm³/mol. The van der Waals surface area contributed by atoms with Crippen LogP contribution in [-0.4, -0.2) is 11.6 Å². The van der Waals surface area contributed by atoms with Gasteiger partial charge in [-0.05, 0) is 18.3 Å². The Bertz CT molecular complexity index is 244. The van der Waals surface area contributed by atoms with Crippen LogP contribution in [0, 0.1) is 11.3 Å². The van der Waals surface area contributed by atoms with Crippen molar-refractivity contribution >= 4 is 11.6 Å². The zero-order valence-corrected chi connectivity index (χ0v) is 7.43. The normalized spacial score (nSPS) is 41.6. The van der Waals surface area contributed by atoms with Gasteiger partial charge in [0.05, 0.1) is 6.42 Å². The molecule has 0 bridgehead atoms. The second-order valence-electron chi connectivity index (χ2n) is 4.46. The van der Waals surface area contributed by atoms with Crippen molar-refractivity contribution in [3.63, 3.8) is 0 Å². The third-order valence-corrected chi connectivity index (χ3v) is 3.44. The maximum Gasteiger partial charge on any atom is 0.143 e. The minimum atomic E-state index is 0.0341. The van der Waals surface area contributed by atoms with E-state index in [1.807, 2.05) is 0 Å². The molecule has 0 aliphatic heterocycles. The number of carbonyl (C=O) groups excluding carboxylic acids is 2. The fraction of sp³-hybridized carbons (Fsp3) is 0.800. The van der Waals surface area contributed by atoms with Crippen LogP contribution in [0.15, 0.2) is 0 Å². The van der Waals surface area contributed by atoms with Gasteiger partial charge in [0.25, 0.3) is 0 Å². The summed E-state index contributed by atoms with van der Waals surface area (Å²) in [6.45, 7) is 2.10. The van der Waals surface area contributed by atoms with Gasteiger partial charge >= 0.3 is 0 Å². The van der Waals surface area contributed by atoms with E-state index in [9.17, 15) is 9.59 Å². The van der Waals surface area contributed by atoms with Crippen molar-refractivity contribution in [3.8, 4) is 0 Å². The minimum Gasteiger partial charge on any atom is -0.299 e. The Balaban J connectivity index is 2.28. The van der Waals surface area contributed by atoms with Gasteiger partial charge in [-0.25, -0.2) is 0 Å². The molecule has 2 atom stereocenters. The SMILES string of the molecule is CC12CCCC1C(=O)CC(=O)C2. The van der Waals surface area contributed by atoms with Crippen LogP contribution in [0.3, 0.4) is 0 Å². The molecule has 2 rings (SSSR count). The van der Waals surface area contributed by atoms with Gasteiger partial charge in [0.1, 0.15) is 11.6 Å². The molecule has 0 saturated heterocycles. The highest BCUT2D eigenvalue weighted by Gasteiger charge is 2.47. The Morgan fingerprint density at radius 2 is 2.17 bits per heavy atom. The molecule has 2 unspecified atom stereocenters. The summed E-state index contributed by atoms with van der Waals surface area (Å²) in [5, 5.41) is 0. The van der Waals surface area contributed by atoms with Crippen LogP contribution in [-0.2, 0) is 9.59 Å². The van der Waals surface area contributed by atoms with Crippen molar-refractivity contribution in [2.45, 2.75) is 39.0 Å². The van der Waals surface area contributed by atoms with Crippen LogP contribution in [0.5, 0.6) is 0 Å². The van der Waals surface area contributed by atoms with Crippen molar-refractivity contribution in [1.82, 2.24) is 0 Å². The number of ketones is 2. The van der Waals surface area contributed by atoms with E-state index in [-0.39, 0.29) is 29.3 Å². The van der Waals surface area contributed by atoms with Crippen LogP contribution in [0.1, 0.15) is 39.0 Å². The molecule has 0 aromatic carbocycles. The second kappa shape index (κ2) is 2.41. The van der Waals surface area contributed by atoms with Crippen molar-refractivity contribution < 1.29 is 9.59 Å². The van der Waals surface area contributed by atoms with Crippen molar-refractivity contribution in [3.05, 3.63) is 0 Å². The van der Waals surface area contributed by atoms with Crippen molar-refractivity contribution in [2.24, 2.45) is 11.3 Å². The highest BCUT2D eigenvalue weighted by molar-refractivity contribution is 6.03. The summed E-state index contributed by atoms with van der Waals surface area (Å²) >= 11 is 0. The standard InChI is InChI=1S/C10H14O2/c1-10-4-2-3-8(10)9(12)5-7(11)6-10/h8H,2-6H2,1H3. The summed E-state index contributed by atoms with van der Waals surface area (Å²) < 4.78 is 0. The molecule has 2 aliphatic rings. The molecule has 12 heavy (non-hydrogen) atoms. The summed E-state index contributed by atoms with van der Waals surface area (Å²) in [5.74, 6) is 0.558. The van der Waals surface area contributed by atoms with Gasteiger partial charge in [-0.2, -0.15) is 0 Å². The molecule has 0 amide bonds. The molecule has 66 valence electrons. The quantitative estimate of drug-likeness (QED) is 0.513. The monoisotopic (exact) mass is 166 g/mol. The van der Waals surface area contributed by atoms with Gasteiger partial charge in [-0.15, -0.1) is 0 Å². The fourth-order valence-electron chi connectivity index (χ4n) is 2.82. The van der Waals surface area contributed by atoms with Crippen LogP contribution < -0.4 is 0 Å². The van der Waals surface area contributed by atoms with Gasteiger partial charge in [-0.3, -0.25) is 9.59 Å². The average molecular weight is 166 g/mol. The summed E-state index contributed by atoms with van der Waals surface area (Å²) in [5.41, 5.74) is 0.0341. The molecule has 2 aliphatic carbocycles. The number of hydrogen-bond donors (Lipinski definition) is 0. The molecule has 0 heterocycles. The van der Waals surface area contributed by atoms with E-state index in [1.165, 1.54) is 0 Å². The van der Waals surface area contributed by atoms with Gasteiger partial charge in [0.2, 0.25) is 0 Å². The summed E-state index contributed by atoms with van der Waals surface area (Å²) in [6.07, 6.45) is 4.06. The molecule has 0 N–H and O–H groups in total. The molecule has 0 aromatic rings. The molecular formula is C10H14O2. The van der Waals surface area contributed by atoms with E-state index in [0.717, 1.165) is 19.3 Å². The van der Waals surface area contributed by atoms with E-state index >= 15 is 0 Å². The summed E-state index contributed by atoms with van der Waals surface area (Å²) in [6, 6.07) is 0. The molecule has 0 radical (unpaired) electrons. The van der Waals surface area contributed by atoms with E-state index in [2.05, 4.69) is 6.92 Å². The number of fused-ring (bicyclic) bond motifs is 1. The minimum absolute atomic E-state index is 0.0341. The Kier molecular flexibility index (Phi) is 1.60. The molecule has 0 spiro atoms. The first-order valence-electron chi connectivity index (χ1n) is 4.66. The largest absolute Gasteiger partial charge is 0.299 e. The highest BCUT2D eigenvalue weighted by Crippen LogP contribution is 2.49. The van der Waals surface area contributed by atoms with Gasteiger partial charge in [-0.1, -0.05) is 13.3 Å². The maximum atomic E-state index is 11.5. The summed E-state index contributed by atoms with van der Waals surface area (Å²) in [4.78, 5) is 22.7. The summed E-state index contributed by atoms with van der Waals surface area (Å²) in [7, 11) is 0. The topological polar surface area (TPSA) is 34.1 Å². The number of rotatable bonds is 0. The highest BCUT2D eigenvalue weighted by atomic mass is 16.1. The molecule has 2 saturated carbocycles. The van der Waals surface area contributed by atoms with Gasteiger partial charge in [0, 0.05) is 12.3 Å². The van der Waals surface area contributed by atoms with Crippen molar-refractivity contribution in [1.29, 1.82) is 0 Å². The molecular weight excluding hydrogens is 152 g/mol. The van der Waals surface area contributed by atoms with E-state index in [1.54, 1.807) is 0 Å². The molecule has 0 aromatic heterocycles. The lowest BCUT2D eigenvalue weighted by Gasteiger charge is -2.33. The van der Waals surface area contributed by atoms with Crippen LogP contribution in [0.2, 0.25) is 0 Å². The fourth-order valence-corrected chi connectivity index (χ4v) is 2.82. The predicted octanol–water partition coefficient (Wildman–Crippen LogP) is 1.72. The lowest BCUT2D eigenvalue weighted by Crippen LogP contribution is -2.37. The van der Waals surface area contributed by atoms with Gasteiger partial charge in [0.15, 0.2) is 0 Å². The lowest BCUT2D eigenvalue weighted by molar-refractivity contribution is -0.137. The molecule has 2 fully saturated rings. The second-order valence-corrected chi connectivity index (χ2v) is 4.46.